The van der Waals surface area contributed by atoms with E-state index in [1.54, 1.807) is 6.21 Å². The molecule has 0 spiro atoms. The lowest BCUT2D eigenvalue weighted by atomic mass is 9.95. The van der Waals surface area contributed by atoms with Crippen LogP contribution < -0.4 is 5.43 Å². The fourth-order valence-corrected chi connectivity index (χ4v) is 4.90. The van der Waals surface area contributed by atoms with Crippen LogP contribution in [0.3, 0.4) is 0 Å². The Bertz CT molecular complexity index is 1070. The minimum absolute atomic E-state index is 0.168. The highest BCUT2D eigenvalue weighted by Gasteiger charge is 2.24. The molecule has 0 saturated heterocycles. The summed E-state index contributed by atoms with van der Waals surface area (Å²) in [6.07, 6.45) is 7.58. The third-order valence-electron chi connectivity index (χ3n) is 5.52. The van der Waals surface area contributed by atoms with Gasteiger partial charge in [0, 0.05) is 16.1 Å². The van der Waals surface area contributed by atoms with E-state index in [4.69, 9.17) is 0 Å². The molecule has 32 heavy (non-hydrogen) atoms. The molecule has 1 N–H and O–H groups in total. The summed E-state index contributed by atoms with van der Waals surface area (Å²) in [5.74, 6) is 0.947. The minimum Gasteiger partial charge on any atom is -0.299 e. The lowest BCUT2D eigenvalue weighted by Gasteiger charge is -2.25. The third kappa shape index (κ3) is 5.86. The van der Waals surface area contributed by atoms with Crippen molar-refractivity contribution < 1.29 is 4.79 Å². The highest BCUT2D eigenvalue weighted by atomic mass is 79.9. The van der Waals surface area contributed by atoms with Crippen LogP contribution in [0.1, 0.15) is 49.3 Å². The molecule has 1 aromatic heterocycles. The van der Waals surface area contributed by atoms with Crippen LogP contribution >= 0.6 is 27.7 Å². The zero-order valence-electron chi connectivity index (χ0n) is 18.0. The SMILES string of the molecule is Cc1ccc(-c2nnc(SCC(=O)NN=Cc3ccc(Br)cc3)n2C2CCCCC2)cc1. The number of hydrogen-bond donors (Lipinski definition) is 1. The van der Waals surface area contributed by atoms with Gasteiger partial charge in [-0.2, -0.15) is 5.10 Å². The zero-order valence-corrected chi connectivity index (χ0v) is 20.4. The van der Waals surface area contributed by atoms with Crippen LogP contribution in [0.15, 0.2) is 63.3 Å². The molecule has 4 rings (SSSR count). The molecule has 8 heteroatoms. The second kappa shape index (κ2) is 10.9. The van der Waals surface area contributed by atoms with Crippen LogP contribution in [-0.2, 0) is 4.79 Å². The molecule has 6 nitrogen and oxygen atoms in total. The first-order valence-electron chi connectivity index (χ1n) is 10.8. The number of amides is 1. The number of nitrogens with zero attached hydrogens (tertiary/aromatic N) is 4. The van der Waals surface area contributed by atoms with E-state index in [-0.39, 0.29) is 11.7 Å². The summed E-state index contributed by atoms with van der Waals surface area (Å²) < 4.78 is 3.24. The topological polar surface area (TPSA) is 72.2 Å². The van der Waals surface area contributed by atoms with Crippen molar-refractivity contribution in [2.45, 2.75) is 50.2 Å². The second-order valence-electron chi connectivity index (χ2n) is 7.97. The number of hydrazone groups is 1. The number of carbonyl (C=O) groups is 1. The van der Waals surface area contributed by atoms with Gasteiger partial charge < -0.3 is 0 Å². The summed E-state index contributed by atoms with van der Waals surface area (Å²) in [5, 5.41) is 13.8. The van der Waals surface area contributed by atoms with E-state index in [9.17, 15) is 4.79 Å². The Balaban J connectivity index is 1.44. The van der Waals surface area contributed by atoms with Gasteiger partial charge in [-0.3, -0.25) is 9.36 Å². The number of aryl methyl sites for hydroxylation is 1. The summed E-state index contributed by atoms with van der Waals surface area (Å²) >= 11 is 4.82. The molecule has 1 saturated carbocycles. The van der Waals surface area contributed by atoms with Crippen molar-refractivity contribution in [3.63, 3.8) is 0 Å². The van der Waals surface area contributed by atoms with Crippen LogP contribution in [0, 0.1) is 6.92 Å². The molecule has 1 amide bonds. The van der Waals surface area contributed by atoms with Gasteiger partial charge in [-0.1, -0.05) is 88.9 Å². The number of hydrogen-bond acceptors (Lipinski definition) is 5. The molecule has 1 aliphatic rings. The molecule has 0 bridgehead atoms. The predicted molar refractivity (Wildman–Crippen MR) is 133 cm³/mol. The normalized spacial score (nSPS) is 14.7. The maximum Gasteiger partial charge on any atom is 0.250 e. The average Bonchev–Trinajstić information content (AvgIpc) is 3.24. The van der Waals surface area contributed by atoms with Crippen molar-refractivity contribution in [2.75, 3.05) is 5.75 Å². The molecular formula is C24H26BrN5OS. The van der Waals surface area contributed by atoms with Crippen LogP contribution in [-0.4, -0.2) is 32.6 Å². The molecule has 1 fully saturated rings. The standard InChI is InChI=1S/C24H26BrN5OS/c1-17-7-11-19(12-8-17)23-28-29-24(30(23)21-5-3-2-4-6-21)32-16-22(31)27-26-15-18-9-13-20(25)14-10-18/h7-15,21H,2-6,16H2,1H3,(H,27,31). The second-order valence-corrected chi connectivity index (χ2v) is 9.83. The molecular weight excluding hydrogens is 486 g/mol. The molecule has 0 aliphatic heterocycles. The zero-order chi connectivity index (χ0) is 22.3. The molecule has 166 valence electrons. The number of benzene rings is 2. The van der Waals surface area contributed by atoms with Gasteiger partial charge in [0.2, 0.25) is 0 Å². The summed E-state index contributed by atoms with van der Waals surface area (Å²) in [4.78, 5) is 12.4. The Hall–Kier alpha value is -2.45. The largest absolute Gasteiger partial charge is 0.299 e. The van der Waals surface area contributed by atoms with Gasteiger partial charge in [0.25, 0.3) is 5.91 Å². The van der Waals surface area contributed by atoms with Gasteiger partial charge in [-0.05, 0) is 37.5 Å². The molecule has 0 unspecified atom stereocenters. The van der Waals surface area contributed by atoms with E-state index >= 15 is 0 Å². The fourth-order valence-electron chi connectivity index (χ4n) is 3.83. The number of nitrogens with one attached hydrogen (secondary N) is 1. The van der Waals surface area contributed by atoms with E-state index < -0.39 is 0 Å². The maximum absolute atomic E-state index is 12.4. The Morgan fingerprint density at radius 2 is 1.84 bits per heavy atom. The van der Waals surface area contributed by atoms with Crippen molar-refractivity contribution in [3.05, 3.63) is 64.1 Å². The first-order chi connectivity index (χ1) is 15.6. The monoisotopic (exact) mass is 511 g/mol. The van der Waals surface area contributed by atoms with Crippen LogP contribution in [0.4, 0.5) is 0 Å². The Morgan fingerprint density at radius 3 is 2.56 bits per heavy atom. The fraction of sp³-hybridized carbons (Fsp3) is 0.333. The van der Waals surface area contributed by atoms with Gasteiger partial charge in [0.05, 0.1) is 12.0 Å². The summed E-state index contributed by atoms with van der Waals surface area (Å²) in [6, 6.07) is 16.5. The highest BCUT2D eigenvalue weighted by molar-refractivity contribution is 9.10. The summed E-state index contributed by atoms with van der Waals surface area (Å²) in [6.45, 7) is 2.08. The smallest absolute Gasteiger partial charge is 0.250 e. The van der Waals surface area contributed by atoms with E-state index in [1.807, 2.05) is 24.3 Å². The van der Waals surface area contributed by atoms with Gasteiger partial charge >= 0.3 is 0 Å². The van der Waals surface area contributed by atoms with E-state index in [0.29, 0.717) is 6.04 Å². The third-order valence-corrected chi connectivity index (χ3v) is 6.99. The minimum atomic E-state index is -0.168. The number of thioether (sulfide) groups is 1. The molecule has 1 aliphatic carbocycles. The number of carbonyl (C=O) groups excluding carboxylic acids is 1. The Labute approximate surface area is 201 Å². The van der Waals surface area contributed by atoms with Gasteiger partial charge in [-0.15, -0.1) is 10.2 Å². The van der Waals surface area contributed by atoms with Crippen molar-refractivity contribution in [1.82, 2.24) is 20.2 Å². The van der Waals surface area contributed by atoms with Gasteiger partial charge in [0.1, 0.15) is 0 Å². The van der Waals surface area contributed by atoms with Crippen molar-refractivity contribution in [2.24, 2.45) is 5.10 Å². The van der Waals surface area contributed by atoms with Crippen LogP contribution in [0.2, 0.25) is 0 Å². The van der Waals surface area contributed by atoms with E-state index in [2.05, 4.69) is 72.4 Å². The first-order valence-corrected chi connectivity index (χ1v) is 12.6. The summed E-state index contributed by atoms with van der Waals surface area (Å²) in [7, 11) is 0. The molecule has 3 aromatic rings. The van der Waals surface area contributed by atoms with Gasteiger partial charge in [0.15, 0.2) is 11.0 Å². The van der Waals surface area contributed by atoms with Crippen molar-refractivity contribution >= 4 is 39.8 Å². The van der Waals surface area contributed by atoms with Crippen LogP contribution in [0.25, 0.3) is 11.4 Å². The Kier molecular flexibility index (Phi) is 7.76. The molecule has 0 radical (unpaired) electrons. The number of halogens is 1. The molecule has 1 heterocycles. The Morgan fingerprint density at radius 1 is 1.12 bits per heavy atom. The van der Waals surface area contributed by atoms with Crippen molar-refractivity contribution in [3.8, 4) is 11.4 Å². The quantitative estimate of drug-likeness (QED) is 0.248. The van der Waals surface area contributed by atoms with Crippen molar-refractivity contribution in [1.29, 1.82) is 0 Å². The van der Waals surface area contributed by atoms with Gasteiger partial charge in [-0.25, -0.2) is 5.43 Å². The lowest BCUT2D eigenvalue weighted by molar-refractivity contribution is -0.118. The highest BCUT2D eigenvalue weighted by Crippen LogP contribution is 2.35. The predicted octanol–water partition coefficient (Wildman–Crippen LogP) is 5.76. The first kappa shape index (κ1) is 22.7. The maximum atomic E-state index is 12.4. The number of aromatic nitrogens is 3. The molecule has 2 aromatic carbocycles. The van der Waals surface area contributed by atoms with E-state index in [0.717, 1.165) is 39.4 Å². The number of rotatable bonds is 7. The average molecular weight is 512 g/mol. The molecule has 0 atom stereocenters. The van der Waals surface area contributed by atoms with E-state index in [1.165, 1.54) is 36.6 Å². The lowest BCUT2D eigenvalue weighted by Crippen LogP contribution is -2.20. The summed E-state index contributed by atoms with van der Waals surface area (Å²) in [5.41, 5.74) is 5.79. The van der Waals surface area contributed by atoms with Crippen LogP contribution in [0.5, 0.6) is 0 Å².